The van der Waals surface area contributed by atoms with E-state index in [-0.39, 0.29) is 29.6 Å². The smallest absolute Gasteiger partial charge is 0.191 e. The van der Waals surface area contributed by atoms with Crippen LogP contribution >= 0.6 is 24.0 Å². The Morgan fingerprint density at radius 1 is 1.35 bits per heavy atom. The molecule has 0 radical (unpaired) electrons. The molecule has 0 aromatic heterocycles. The van der Waals surface area contributed by atoms with E-state index in [9.17, 15) is 5.11 Å². The predicted molar refractivity (Wildman–Crippen MR) is 107 cm³/mol. The number of aliphatic imine (C=N–C) groups is 1. The Labute approximate surface area is 156 Å². The maximum absolute atomic E-state index is 10.3. The monoisotopic (exact) mass is 435 g/mol. The van der Waals surface area contributed by atoms with Crippen LogP contribution in [0, 0.1) is 6.92 Å². The van der Waals surface area contributed by atoms with Crippen LogP contribution in [0.4, 0.5) is 0 Å². The highest BCUT2D eigenvalue weighted by atomic mass is 127. The molecule has 0 aliphatic heterocycles. The minimum atomic E-state index is -0.570. The van der Waals surface area contributed by atoms with Gasteiger partial charge in [-0.1, -0.05) is 29.8 Å². The van der Waals surface area contributed by atoms with Crippen molar-refractivity contribution in [3.63, 3.8) is 0 Å². The standard InChI is InChI=1S/C17H29N3O2.HI/c1-6-18-16(20-12-17(3,4)22-5)19-11-15(21)14-9-7-8-13(2)10-14;/h7-10,15,21H,6,11-12H2,1-5H3,(H2,18,19,20);1H. The molecule has 5 nitrogen and oxygen atoms in total. The third-order valence-corrected chi connectivity index (χ3v) is 3.40. The van der Waals surface area contributed by atoms with Crippen molar-refractivity contribution in [1.29, 1.82) is 0 Å². The molecule has 1 rings (SSSR count). The topological polar surface area (TPSA) is 65.9 Å². The van der Waals surface area contributed by atoms with Gasteiger partial charge in [0.05, 0.1) is 18.2 Å². The normalized spacial score (nSPS) is 13.2. The lowest BCUT2D eigenvalue weighted by atomic mass is 10.1. The molecule has 0 saturated heterocycles. The predicted octanol–water partition coefficient (Wildman–Crippen LogP) is 2.63. The van der Waals surface area contributed by atoms with Gasteiger partial charge >= 0.3 is 0 Å². The van der Waals surface area contributed by atoms with Crippen molar-refractivity contribution in [2.75, 3.05) is 26.7 Å². The summed E-state index contributed by atoms with van der Waals surface area (Å²) in [5, 5.41) is 16.6. The lowest BCUT2D eigenvalue weighted by Gasteiger charge is -2.22. The van der Waals surface area contributed by atoms with Crippen LogP contribution in [0.1, 0.15) is 38.0 Å². The van der Waals surface area contributed by atoms with Crippen LogP contribution in [-0.2, 0) is 4.74 Å². The first kappa shape index (κ1) is 22.1. The lowest BCUT2D eigenvalue weighted by Crippen LogP contribution is -2.40. The zero-order valence-corrected chi connectivity index (χ0v) is 17.0. The second kappa shape index (κ2) is 10.8. The van der Waals surface area contributed by atoms with Crippen LogP contribution in [-0.4, -0.2) is 43.4 Å². The molecule has 0 spiro atoms. The largest absolute Gasteiger partial charge is 0.387 e. The van der Waals surface area contributed by atoms with Gasteiger partial charge in [-0.15, -0.1) is 24.0 Å². The van der Waals surface area contributed by atoms with Crippen molar-refractivity contribution in [2.45, 2.75) is 39.4 Å². The molecule has 1 aromatic rings. The Hall–Kier alpha value is -0.860. The summed E-state index contributed by atoms with van der Waals surface area (Å²) in [6, 6.07) is 7.89. The number of rotatable bonds is 7. The molecule has 0 aliphatic rings. The number of nitrogens with zero attached hydrogens (tertiary/aromatic N) is 1. The van der Waals surface area contributed by atoms with E-state index in [4.69, 9.17) is 4.74 Å². The highest BCUT2D eigenvalue weighted by Crippen LogP contribution is 2.13. The van der Waals surface area contributed by atoms with Crippen molar-refractivity contribution in [2.24, 2.45) is 4.99 Å². The average molecular weight is 435 g/mol. The minimum absolute atomic E-state index is 0. The minimum Gasteiger partial charge on any atom is -0.387 e. The number of hydrogen-bond donors (Lipinski definition) is 3. The first-order chi connectivity index (χ1) is 10.4. The lowest BCUT2D eigenvalue weighted by molar-refractivity contribution is 0.0310. The summed E-state index contributed by atoms with van der Waals surface area (Å²) in [5.74, 6) is 0.680. The van der Waals surface area contributed by atoms with Gasteiger partial charge in [-0.25, -0.2) is 0 Å². The Bertz CT molecular complexity index is 492. The van der Waals surface area contributed by atoms with E-state index < -0.39 is 6.10 Å². The molecule has 0 aliphatic carbocycles. The van der Waals surface area contributed by atoms with Gasteiger partial charge in [-0.3, -0.25) is 4.99 Å². The summed E-state index contributed by atoms with van der Waals surface area (Å²) < 4.78 is 5.36. The van der Waals surface area contributed by atoms with E-state index in [2.05, 4.69) is 15.6 Å². The fourth-order valence-corrected chi connectivity index (χ4v) is 1.86. The molecule has 0 saturated carbocycles. The van der Waals surface area contributed by atoms with Crippen molar-refractivity contribution in [1.82, 2.24) is 10.6 Å². The molecule has 0 bridgehead atoms. The quantitative estimate of drug-likeness (QED) is 0.350. The Kier molecular flexibility index (Phi) is 10.4. The summed E-state index contributed by atoms with van der Waals surface area (Å²) in [5.41, 5.74) is 1.73. The molecule has 1 aromatic carbocycles. The van der Waals surface area contributed by atoms with Crippen LogP contribution in [0.25, 0.3) is 0 Å². The highest BCUT2D eigenvalue weighted by Gasteiger charge is 2.16. The fourth-order valence-electron chi connectivity index (χ4n) is 1.86. The molecule has 1 atom stereocenters. The zero-order valence-electron chi connectivity index (χ0n) is 14.7. The SMILES string of the molecule is CCNC(=NCC(C)(C)OC)NCC(O)c1cccc(C)c1.I. The second-order valence-corrected chi connectivity index (χ2v) is 5.97. The molecule has 1 unspecified atom stereocenters. The van der Waals surface area contributed by atoms with Gasteiger partial charge in [0.1, 0.15) is 0 Å². The molecule has 0 amide bonds. The summed E-state index contributed by atoms with van der Waals surface area (Å²) >= 11 is 0. The number of hydrogen-bond acceptors (Lipinski definition) is 3. The van der Waals surface area contributed by atoms with Crippen molar-refractivity contribution >= 4 is 29.9 Å². The Morgan fingerprint density at radius 3 is 2.61 bits per heavy atom. The van der Waals surface area contributed by atoms with Crippen molar-refractivity contribution < 1.29 is 9.84 Å². The van der Waals surface area contributed by atoms with Crippen LogP contribution in [0.15, 0.2) is 29.3 Å². The van der Waals surface area contributed by atoms with Gasteiger partial charge in [0, 0.05) is 20.2 Å². The second-order valence-electron chi connectivity index (χ2n) is 5.97. The van der Waals surface area contributed by atoms with Crippen molar-refractivity contribution in [3.8, 4) is 0 Å². The number of aliphatic hydroxyl groups excluding tert-OH is 1. The van der Waals surface area contributed by atoms with Crippen LogP contribution in [0.3, 0.4) is 0 Å². The van der Waals surface area contributed by atoms with E-state index in [0.29, 0.717) is 19.0 Å². The number of benzene rings is 1. The van der Waals surface area contributed by atoms with Gasteiger partial charge in [0.2, 0.25) is 0 Å². The van der Waals surface area contributed by atoms with E-state index in [1.54, 1.807) is 7.11 Å². The Morgan fingerprint density at radius 2 is 2.04 bits per heavy atom. The van der Waals surface area contributed by atoms with E-state index in [1.807, 2.05) is 52.0 Å². The molecule has 6 heteroatoms. The van der Waals surface area contributed by atoms with Crippen molar-refractivity contribution in [3.05, 3.63) is 35.4 Å². The molecular weight excluding hydrogens is 405 g/mol. The third kappa shape index (κ3) is 8.53. The van der Waals surface area contributed by atoms with Gasteiger partial charge in [-0.05, 0) is 33.3 Å². The van der Waals surface area contributed by atoms with E-state index in [1.165, 1.54) is 0 Å². The number of methoxy groups -OCH3 is 1. The average Bonchev–Trinajstić information content (AvgIpc) is 2.49. The third-order valence-electron chi connectivity index (χ3n) is 3.40. The summed E-state index contributed by atoms with van der Waals surface area (Å²) in [4.78, 5) is 4.50. The van der Waals surface area contributed by atoms with Crippen LogP contribution < -0.4 is 10.6 Å². The molecular formula is C17H30IN3O2. The maximum Gasteiger partial charge on any atom is 0.191 e. The number of guanidine groups is 1. The fraction of sp³-hybridized carbons (Fsp3) is 0.588. The number of aliphatic hydroxyl groups is 1. The summed E-state index contributed by atoms with van der Waals surface area (Å²) in [6.07, 6.45) is -0.570. The summed E-state index contributed by atoms with van der Waals surface area (Å²) in [6.45, 7) is 9.71. The molecule has 0 fully saturated rings. The number of halogens is 1. The molecule has 0 heterocycles. The van der Waals surface area contributed by atoms with Gasteiger partial charge in [-0.2, -0.15) is 0 Å². The summed E-state index contributed by atoms with van der Waals surface area (Å²) in [7, 11) is 1.68. The van der Waals surface area contributed by atoms with E-state index >= 15 is 0 Å². The van der Waals surface area contributed by atoms with Gasteiger partial charge in [0.25, 0.3) is 0 Å². The van der Waals surface area contributed by atoms with Crippen LogP contribution in [0.2, 0.25) is 0 Å². The number of nitrogens with one attached hydrogen (secondary N) is 2. The molecule has 132 valence electrons. The highest BCUT2D eigenvalue weighted by molar-refractivity contribution is 14.0. The van der Waals surface area contributed by atoms with Crippen LogP contribution in [0.5, 0.6) is 0 Å². The van der Waals surface area contributed by atoms with E-state index in [0.717, 1.165) is 17.7 Å². The Balaban J connectivity index is 0.00000484. The number of aryl methyl sites for hydroxylation is 1. The molecule has 3 N–H and O–H groups in total. The molecule has 23 heavy (non-hydrogen) atoms. The first-order valence-electron chi connectivity index (χ1n) is 7.70. The van der Waals surface area contributed by atoms with Gasteiger partial charge in [0.15, 0.2) is 5.96 Å². The van der Waals surface area contributed by atoms with Gasteiger partial charge < -0.3 is 20.5 Å². The zero-order chi connectivity index (χ0) is 16.6. The maximum atomic E-state index is 10.3. The number of ether oxygens (including phenoxy) is 1. The first-order valence-corrected chi connectivity index (χ1v) is 7.70.